The van der Waals surface area contributed by atoms with Crippen molar-refractivity contribution in [3.8, 4) is 11.5 Å². The second-order valence-corrected chi connectivity index (χ2v) is 5.19. The Hall–Kier alpha value is -2.07. The molecule has 0 aliphatic carbocycles. The van der Waals surface area contributed by atoms with Crippen LogP contribution in [0.4, 0.5) is 4.39 Å². The zero-order valence-electron chi connectivity index (χ0n) is 11.9. The van der Waals surface area contributed by atoms with Gasteiger partial charge >= 0.3 is 0 Å². The molecule has 2 aromatic rings. The van der Waals surface area contributed by atoms with E-state index in [0.29, 0.717) is 17.9 Å². The number of para-hydroxylation sites is 1. The van der Waals surface area contributed by atoms with Crippen LogP contribution in [0.2, 0.25) is 0 Å². The second-order valence-electron chi connectivity index (χ2n) is 5.19. The fourth-order valence-corrected chi connectivity index (χ4v) is 2.86. The molecule has 3 nitrogen and oxygen atoms in total. The van der Waals surface area contributed by atoms with Gasteiger partial charge in [0.15, 0.2) is 0 Å². The summed E-state index contributed by atoms with van der Waals surface area (Å²) in [6, 6.07) is 12.2. The van der Waals surface area contributed by atoms with Crippen LogP contribution in [0.1, 0.15) is 29.5 Å². The molecule has 0 spiro atoms. The highest BCUT2D eigenvalue weighted by atomic mass is 19.1. The van der Waals surface area contributed by atoms with Crippen molar-refractivity contribution in [1.29, 1.82) is 0 Å². The number of rotatable bonds is 3. The summed E-state index contributed by atoms with van der Waals surface area (Å²) < 4.78 is 24.9. The number of hydrogen-bond donors (Lipinski definition) is 1. The van der Waals surface area contributed by atoms with Gasteiger partial charge in [0.1, 0.15) is 17.3 Å². The number of fused-ring (bicyclic) bond motifs is 1. The van der Waals surface area contributed by atoms with Gasteiger partial charge in [-0.25, -0.2) is 4.39 Å². The fourth-order valence-electron chi connectivity index (χ4n) is 2.86. The standard InChI is InChI=1S/C17H18FNO2/c1-20-11-6-7-14(15(18)10-11)17(19)13-8-9-21-16-5-3-2-4-12(13)16/h2-7,10,13,17H,8-9,19H2,1H3. The van der Waals surface area contributed by atoms with Crippen molar-refractivity contribution in [2.45, 2.75) is 18.4 Å². The molecular weight excluding hydrogens is 269 g/mol. The first kappa shape index (κ1) is 13.9. The Morgan fingerprint density at radius 1 is 1.29 bits per heavy atom. The first-order valence-electron chi connectivity index (χ1n) is 7.01. The van der Waals surface area contributed by atoms with Crippen LogP contribution in [-0.2, 0) is 0 Å². The molecule has 3 rings (SSSR count). The van der Waals surface area contributed by atoms with Crippen LogP contribution in [0.5, 0.6) is 11.5 Å². The maximum absolute atomic E-state index is 14.2. The largest absolute Gasteiger partial charge is 0.497 e. The fraction of sp³-hybridized carbons (Fsp3) is 0.294. The molecule has 0 saturated carbocycles. The van der Waals surface area contributed by atoms with Crippen molar-refractivity contribution < 1.29 is 13.9 Å². The van der Waals surface area contributed by atoms with E-state index in [1.165, 1.54) is 13.2 Å². The second kappa shape index (κ2) is 5.74. The lowest BCUT2D eigenvalue weighted by Gasteiger charge is -2.30. The molecule has 0 amide bonds. The Labute approximate surface area is 123 Å². The molecule has 2 unspecified atom stereocenters. The van der Waals surface area contributed by atoms with E-state index in [2.05, 4.69) is 0 Å². The molecule has 0 aromatic heterocycles. The average Bonchev–Trinajstić information content (AvgIpc) is 2.53. The number of halogens is 1. The molecule has 2 atom stereocenters. The summed E-state index contributed by atoms with van der Waals surface area (Å²) in [6.07, 6.45) is 0.781. The molecule has 0 radical (unpaired) electrons. The summed E-state index contributed by atoms with van der Waals surface area (Å²) in [5, 5.41) is 0. The predicted molar refractivity (Wildman–Crippen MR) is 79.2 cm³/mol. The van der Waals surface area contributed by atoms with E-state index in [1.807, 2.05) is 24.3 Å². The highest BCUT2D eigenvalue weighted by Gasteiger charge is 2.29. The Balaban J connectivity index is 1.94. The molecular formula is C17H18FNO2. The van der Waals surface area contributed by atoms with Crippen molar-refractivity contribution in [1.82, 2.24) is 0 Å². The van der Waals surface area contributed by atoms with E-state index in [4.69, 9.17) is 15.2 Å². The Bertz CT molecular complexity index is 644. The van der Waals surface area contributed by atoms with Crippen LogP contribution in [-0.4, -0.2) is 13.7 Å². The van der Waals surface area contributed by atoms with E-state index in [-0.39, 0.29) is 11.7 Å². The van der Waals surface area contributed by atoms with Gasteiger partial charge in [-0.05, 0) is 24.1 Å². The summed E-state index contributed by atoms with van der Waals surface area (Å²) in [4.78, 5) is 0. The summed E-state index contributed by atoms with van der Waals surface area (Å²) in [7, 11) is 1.52. The molecule has 2 N–H and O–H groups in total. The van der Waals surface area contributed by atoms with Crippen LogP contribution in [0.25, 0.3) is 0 Å². The molecule has 4 heteroatoms. The molecule has 0 bridgehead atoms. The average molecular weight is 287 g/mol. The molecule has 21 heavy (non-hydrogen) atoms. The molecule has 2 aromatic carbocycles. The summed E-state index contributed by atoms with van der Waals surface area (Å²) in [5.41, 5.74) is 7.90. The minimum Gasteiger partial charge on any atom is -0.497 e. The molecule has 0 saturated heterocycles. The highest BCUT2D eigenvalue weighted by molar-refractivity contribution is 5.41. The lowest BCUT2D eigenvalue weighted by atomic mass is 9.83. The van der Waals surface area contributed by atoms with Crippen molar-refractivity contribution in [2.24, 2.45) is 5.73 Å². The van der Waals surface area contributed by atoms with Crippen LogP contribution in [0.3, 0.4) is 0 Å². The van der Waals surface area contributed by atoms with Gasteiger partial charge in [0.2, 0.25) is 0 Å². The van der Waals surface area contributed by atoms with E-state index in [0.717, 1.165) is 17.7 Å². The van der Waals surface area contributed by atoms with Gasteiger partial charge in [0, 0.05) is 23.6 Å². The van der Waals surface area contributed by atoms with E-state index in [1.54, 1.807) is 12.1 Å². The zero-order chi connectivity index (χ0) is 14.8. The Morgan fingerprint density at radius 2 is 2.10 bits per heavy atom. The SMILES string of the molecule is COc1ccc(C(N)C2CCOc3ccccc32)c(F)c1. The van der Waals surface area contributed by atoms with Gasteiger partial charge in [-0.3, -0.25) is 0 Å². The third kappa shape index (κ3) is 2.59. The lowest BCUT2D eigenvalue weighted by molar-refractivity contribution is 0.254. The number of benzene rings is 2. The maximum atomic E-state index is 14.2. The van der Waals surface area contributed by atoms with E-state index in [9.17, 15) is 4.39 Å². The van der Waals surface area contributed by atoms with Gasteiger partial charge < -0.3 is 15.2 Å². The normalized spacial score (nSPS) is 18.5. The first-order valence-corrected chi connectivity index (χ1v) is 7.01. The van der Waals surface area contributed by atoms with Gasteiger partial charge in [-0.1, -0.05) is 24.3 Å². The van der Waals surface area contributed by atoms with E-state index < -0.39 is 6.04 Å². The Kier molecular flexibility index (Phi) is 3.80. The van der Waals surface area contributed by atoms with Crippen LogP contribution < -0.4 is 15.2 Å². The quantitative estimate of drug-likeness (QED) is 0.941. The number of ether oxygens (including phenoxy) is 2. The minimum absolute atomic E-state index is 0.0536. The number of methoxy groups -OCH3 is 1. The van der Waals surface area contributed by atoms with Crippen molar-refractivity contribution in [2.75, 3.05) is 13.7 Å². The lowest BCUT2D eigenvalue weighted by Crippen LogP contribution is -2.26. The summed E-state index contributed by atoms with van der Waals surface area (Å²) in [5.74, 6) is 1.07. The topological polar surface area (TPSA) is 44.5 Å². The third-order valence-electron chi connectivity index (χ3n) is 4.01. The summed E-state index contributed by atoms with van der Waals surface area (Å²) >= 11 is 0. The predicted octanol–water partition coefficient (Wildman–Crippen LogP) is 3.40. The van der Waals surface area contributed by atoms with Gasteiger partial charge in [-0.15, -0.1) is 0 Å². The summed E-state index contributed by atoms with van der Waals surface area (Å²) in [6.45, 7) is 0.604. The Morgan fingerprint density at radius 3 is 2.86 bits per heavy atom. The molecule has 1 aliphatic heterocycles. The van der Waals surface area contributed by atoms with Gasteiger partial charge in [-0.2, -0.15) is 0 Å². The third-order valence-corrected chi connectivity index (χ3v) is 4.01. The molecule has 1 heterocycles. The van der Waals surface area contributed by atoms with E-state index >= 15 is 0 Å². The van der Waals surface area contributed by atoms with Gasteiger partial charge in [0.25, 0.3) is 0 Å². The molecule has 0 fully saturated rings. The van der Waals surface area contributed by atoms with Crippen LogP contribution in [0, 0.1) is 5.82 Å². The smallest absolute Gasteiger partial charge is 0.131 e. The minimum atomic E-state index is -0.402. The molecule has 110 valence electrons. The van der Waals surface area contributed by atoms with Crippen molar-refractivity contribution in [3.63, 3.8) is 0 Å². The first-order chi connectivity index (χ1) is 10.2. The molecule has 1 aliphatic rings. The highest BCUT2D eigenvalue weighted by Crippen LogP contribution is 2.40. The van der Waals surface area contributed by atoms with Crippen LogP contribution in [0.15, 0.2) is 42.5 Å². The monoisotopic (exact) mass is 287 g/mol. The van der Waals surface area contributed by atoms with Gasteiger partial charge in [0.05, 0.1) is 13.7 Å². The zero-order valence-corrected chi connectivity index (χ0v) is 11.9. The van der Waals surface area contributed by atoms with Crippen molar-refractivity contribution in [3.05, 3.63) is 59.4 Å². The number of nitrogens with two attached hydrogens (primary N) is 1. The maximum Gasteiger partial charge on any atom is 0.131 e. The van der Waals surface area contributed by atoms with Crippen LogP contribution >= 0.6 is 0 Å². The van der Waals surface area contributed by atoms with Crippen molar-refractivity contribution >= 4 is 0 Å². The number of hydrogen-bond acceptors (Lipinski definition) is 3.